The molecule has 0 aliphatic heterocycles. The molecule has 1 N–H and O–H groups in total. The van der Waals surface area contributed by atoms with Crippen LogP contribution in [0.4, 0.5) is 5.69 Å². The van der Waals surface area contributed by atoms with Crippen molar-refractivity contribution in [2.75, 3.05) is 19.4 Å². The largest absolute Gasteiger partial charge is 0.321 e. The molecule has 1 heterocycles. The maximum atomic E-state index is 12.6. The van der Waals surface area contributed by atoms with Gasteiger partial charge in [-0.1, -0.05) is 19.4 Å². The molecule has 5 nitrogen and oxygen atoms in total. The predicted octanol–water partition coefficient (Wildman–Crippen LogP) is 3.82. The Morgan fingerprint density at radius 3 is 2.48 bits per heavy atom. The minimum absolute atomic E-state index is 0.160. The number of amides is 1. The molecular formula is C18H24N2O3S2. The third-order valence-corrected chi connectivity index (χ3v) is 6.90. The summed E-state index contributed by atoms with van der Waals surface area (Å²) in [6.07, 6.45) is 1.98. The molecule has 1 amide bonds. The Morgan fingerprint density at radius 2 is 1.88 bits per heavy atom. The van der Waals surface area contributed by atoms with Crippen LogP contribution in [0.25, 0.3) is 0 Å². The summed E-state index contributed by atoms with van der Waals surface area (Å²) in [5.74, 6) is -0.210. The highest BCUT2D eigenvalue weighted by atomic mass is 32.2. The number of benzene rings is 1. The van der Waals surface area contributed by atoms with Crippen LogP contribution in [0.15, 0.2) is 29.2 Å². The maximum absolute atomic E-state index is 12.6. The highest BCUT2D eigenvalue weighted by Crippen LogP contribution is 2.26. The van der Waals surface area contributed by atoms with Crippen LogP contribution in [0.5, 0.6) is 0 Å². The van der Waals surface area contributed by atoms with Gasteiger partial charge in [0.25, 0.3) is 5.91 Å². The average Bonchev–Trinajstić information content (AvgIpc) is 2.90. The lowest BCUT2D eigenvalue weighted by Crippen LogP contribution is -2.22. The van der Waals surface area contributed by atoms with E-state index in [0.717, 1.165) is 27.6 Å². The zero-order valence-electron chi connectivity index (χ0n) is 15.2. The summed E-state index contributed by atoms with van der Waals surface area (Å²) in [5.41, 5.74) is 2.52. The first-order valence-electron chi connectivity index (χ1n) is 8.10. The number of rotatable bonds is 6. The van der Waals surface area contributed by atoms with Gasteiger partial charge >= 0.3 is 0 Å². The van der Waals surface area contributed by atoms with E-state index in [9.17, 15) is 13.2 Å². The number of carbonyl (C=O) groups excluding carboxylic acids is 1. The summed E-state index contributed by atoms with van der Waals surface area (Å²) < 4.78 is 25.7. The van der Waals surface area contributed by atoms with Gasteiger partial charge < -0.3 is 5.32 Å². The zero-order chi connectivity index (χ0) is 18.8. The van der Waals surface area contributed by atoms with Gasteiger partial charge in [0.05, 0.1) is 9.77 Å². The van der Waals surface area contributed by atoms with Crippen molar-refractivity contribution in [3.8, 4) is 0 Å². The Morgan fingerprint density at radius 1 is 1.20 bits per heavy atom. The fraction of sp³-hybridized carbons (Fsp3) is 0.389. The van der Waals surface area contributed by atoms with Crippen molar-refractivity contribution in [3.05, 3.63) is 45.1 Å². The number of hydrogen-bond acceptors (Lipinski definition) is 4. The minimum Gasteiger partial charge on any atom is -0.321 e. The highest BCUT2D eigenvalue weighted by Gasteiger charge is 2.19. The highest BCUT2D eigenvalue weighted by molar-refractivity contribution is 7.89. The van der Waals surface area contributed by atoms with Gasteiger partial charge in [0.1, 0.15) is 0 Å². The fourth-order valence-electron chi connectivity index (χ4n) is 2.44. The monoisotopic (exact) mass is 380 g/mol. The molecule has 0 aliphatic carbocycles. The van der Waals surface area contributed by atoms with E-state index in [0.29, 0.717) is 10.6 Å². The second-order valence-corrected chi connectivity index (χ2v) is 9.57. The molecule has 136 valence electrons. The van der Waals surface area contributed by atoms with Crippen LogP contribution >= 0.6 is 11.3 Å². The lowest BCUT2D eigenvalue weighted by Gasteiger charge is -2.14. The lowest BCUT2D eigenvalue weighted by atomic mass is 10.1. The first-order chi connectivity index (χ1) is 11.7. The SMILES string of the molecule is CCCc1cc(C(=O)Nc2cc(S(=O)(=O)N(C)C)ccc2C)sc1C. The Hall–Kier alpha value is -1.70. The summed E-state index contributed by atoms with van der Waals surface area (Å²) in [5, 5.41) is 2.85. The maximum Gasteiger partial charge on any atom is 0.265 e. The van der Waals surface area contributed by atoms with Crippen LogP contribution < -0.4 is 5.32 Å². The van der Waals surface area contributed by atoms with E-state index in [1.807, 2.05) is 19.9 Å². The van der Waals surface area contributed by atoms with Gasteiger partial charge in [0.2, 0.25) is 10.0 Å². The van der Waals surface area contributed by atoms with Crippen LogP contribution in [0.2, 0.25) is 0 Å². The molecule has 1 aromatic carbocycles. The van der Waals surface area contributed by atoms with E-state index < -0.39 is 10.0 Å². The van der Waals surface area contributed by atoms with E-state index in [4.69, 9.17) is 0 Å². The molecule has 2 aromatic rings. The normalized spacial score (nSPS) is 11.8. The molecule has 25 heavy (non-hydrogen) atoms. The summed E-state index contributed by atoms with van der Waals surface area (Å²) in [6.45, 7) is 5.96. The minimum atomic E-state index is -3.54. The van der Waals surface area contributed by atoms with Gasteiger partial charge in [-0.15, -0.1) is 11.3 Å². The number of thiophene rings is 1. The molecule has 0 bridgehead atoms. The number of aryl methyl sites for hydroxylation is 3. The molecular weight excluding hydrogens is 356 g/mol. The Balaban J connectivity index is 2.31. The second kappa shape index (κ2) is 7.68. The van der Waals surface area contributed by atoms with Gasteiger partial charge in [0.15, 0.2) is 0 Å². The average molecular weight is 381 g/mol. The van der Waals surface area contributed by atoms with Crippen molar-refractivity contribution in [2.24, 2.45) is 0 Å². The van der Waals surface area contributed by atoms with Crippen LogP contribution in [-0.4, -0.2) is 32.7 Å². The van der Waals surface area contributed by atoms with Crippen LogP contribution in [0.3, 0.4) is 0 Å². The molecule has 0 saturated heterocycles. The Kier molecular flexibility index (Phi) is 6.03. The van der Waals surface area contributed by atoms with Gasteiger partial charge in [-0.3, -0.25) is 4.79 Å². The van der Waals surface area contributed by atoms with Crippen molar-refractivity contribution < 1.29 is 13.2 Å². The number of carbonyl (C=O) groups is 1. The number of nitrogens with one attached hydrogen (secondary N) is 1. The molecule has 0 unspecified atom stereocenters. The van der Waals surface area contributed by atoms with Crippen molar-refractivity contribution in [2.45, 2.75) is 38.5 Å². The van der Waals surface area contributed by atoms with Gasteiger partial charge in [-0.2, -0.15) is 0 Å². The second-order valence-electron chi connectivity index (χ2n) is 6.16. The van der Waals surface area contributed by atoms with Crippen LogP contribution in [0, 0.1) is 13.8 Å². The standard InChI is InChI=1S/C18H24N2O3S2/c1-6-7-14-10-17(24-13(14)3)18(21)19-16-11-15(9-8-12(16)2)25(22,23)20(4)5/h8-11H,6-7H2,1-5H3,(H,19,21). The number of sulfonamides is 1. The van der Waals surface area contributed by atoms with E-state index in [1.165, 1.54) is 37.1 Å². The first-order valence-corrected chi connectivity index (χ1v) is 10.4. The summed E-state index contributed by atoms with van der Waals surface area (Å²) in [6, 6.07) is 6.69. The molecule has 0 saturated carbocycles. The fourth-order valence-corrected chi connectivity index (χ4v) is 4.34. The predicted molar refractivity (Wildman–Crippen MR) is 103 cm³/mol. The van der Waals surface area contributed by atoms with Crippen molar-refractivity contribution in [3.63, 3.8) is 0 Å². The topological polar surface area (TPSA) is 66.5 Å². The summed E-state index contributed by atoms with van der Waals surface area (Å²) in [7, 11) is -0.575. The third-order valence-electron chi connectivity index (χ3n) is 4.00. The first kappa shape index (κ1) is 19.6. The number of nitrogens with zero attached hydrogens (tertiary/aromatic N) is 1. The van der Waals surface area contributed by atoms with Crippen molar-refractivity contribution in [1.29, 1.82) is 0 Å². The molecule has 0 atom stereocenters. The smallest absolute Gasteiger partial charge is 0.265 e. The number of hydrogen-bond donors (Lipinski definition) is 1. The molecule has 0 aliphatic rings. The Labute approximate surface area is 153 Å². The van der Waals surface area contributed by atoms with Crippen LogP contribution in [0.1, 0.15) is 39.0 Å². The van der Waals surface area contributed by atoms with Crippen LogP contribution in [-0.2, 0) is 16.4 Å². The Bertz CT molecular complexity index is 884. The lowest BCUT2D eigenvalue weighted by molar-refractivity contribution is 0.103. The van der Waals surface area contributed by atoms with E-state index in [-0.39, 0.29) is 10.8 Å². The quantitative estimate of drug-likeness (QED) is 0.828. The number of anilines is 1. The van der Waals surface area contributed by atoms with Gasteiger partial charge in [-0.05, 0) is 49.6 Å². The molecule has 2 rings (SSSR count). The zero-order valence-corrected chi connectivity index (χ0v) is 16.8. The molecule has 7 heteroatoms. The summed E-state index contributed by atoms with van der Waals surface area (Å²) >= 11 is 1.46. The van der Waals surface area contributed by atoms with E-state index in [2.05, 4.69) is 12.2 Å². The molecule has 0 spiro atoms. The van der Waals surface area contributed by atoms with Gasteiger partial charge in [0, 0.05) is 24.7 Å². The van der Waals surface area contributed by atoms with Gasteiger partial charge in [-0.25, -0.2) is 12.7 Å². The molecule has 0 radical (unpaired) electrons. The third kappa shape index (κ3) is 4.29. The summed E-state index contributed by atoms with van der Waals surface area (Å²) in [4.78, 5) is 14.5. The molecule has 1 aromatic heterocycles. The molecule has 0 fully saturated rings. The van der Waals surface area contributed by atoms with E-state index in [1.54, 1.807) is 12.1 Å². The van der Waals surface area contributed by atoms with E-state index >= 15 is 0 Å². The van der Waals surface area contributed by atoms with Crippen molar-refractivity contribution in [1.82, 2.24) is 4.31 Å². The van der Waals surface area contributed by atoms with Crippen molar-refractivity contribution >= 4 is 33.0 Å².